The van der Waals surface area contributed by atoms with Gasteiger partial charge in [-0.15, -0.1) is 0 Å². The number of aromatic nitrogens is 1. The molecule has 0 unspecified atom stereocenters. The number of nitrogens with zero attached hydrogens (tertiary/aromatic N) is 1. The zero-order valence-electron chi connectivity index (χ0n) is 6.37. The van der Waals surface area contributed by atoms with E-state index in [0.29, 0.717) is 10.3 Å². The van der Waals surface area contributed by atoms with E-state index in [1.165, 1.54) is 0 Å². The second-order valence-corrected chi connectivity index (χ2v) is 3.93. The van der Waals surface area contributed by atoms with E-state index in [0.717, 1.165) is 4.47 Å². The second kappa shape index (κ2) is 4.17. The summed E-state index contributed by atoms with van der Waals surface area (Å²) in [6.07, 6.45) is 0. The predicted molar refractivity (Wildman–Crippen MR) is 54.2 cm³/mol. The van der Waals surface area contributed by atoms with Crippen molar-refractivity contribution < 1.29 is 9.90 Å². The molecule has 1 rings (SSSR count). The summed E-state index contributed by atoms with van der Waals surface area (Å²) in [4.78, 5) is 14.5. The highest BCUT2D eigenvalue weighted by Crippen LogP contribution is 2.22. The van der Waals surface area contributed by atoms with Gasteiger partial charge in [0.1, 0.15) is 10.6 Å². The molecule has 3 N–H and O–H groups in total. The van der Waals surface area contributed by atoms with Crippen LogP contribution in [0.1, 0.15) is 11.7 Å². The number of carbonyl (C=O) groups is 1. The lowest BCUT2D eigenvalue weighted by molar-refractivity contribution is -0.138. The van der Waals surface area contributed by atoms with Gasteiger partial charge in [-0.05, 0) is 44.0 Å². The third-order valence-electron chi connectivity index (χ3n) is 1.41. The van der Waals surface area contributed by atoms with E-state index in [1.807, 2.05) is 0 Å². The molecule has 0 saturated carbocycles. The SMILES string of the molecule is N[C@H](C(=O)O)c1ccc(Br)c(Br)n1. The smallest absolute Gasteiger partial charge is 0.326 e. The molecule has 70 valence electrons. The van der Waals surface area contributed by atoms with Gasteiger partial charge in [0, 0.05) is 0 Å². The molecular weight excluding hydrogens is 304 g/mol. The highest BCUT2D eigenvalue weighted by molar-refractivity contribution is 9.13. The lowest BCUT2D eigenvalue weighted by atomic mass is 10.2. The molecule has 0 fully saturated rings. The fourth-order valence-corrected chi connectivity index (χ4v) is 1.29. The van der Waals surface area contributed by atoms with Crippen LogP contribution in [0.3, 0.4) is 0 Å². The summed E-state index contributed by atoms with van der Waals surface area (Å²) in [7, 11) is 0. The van der Waals surface area contributed by atoms with Crippen LogP contribution in [0.15, 0.2) is 21.2 Å². The van der Waals surface area contributed by atoms with Crippen molar-refractivity contribution in [3.8, 4) is 0 Å². The molecule has 0 spiro atoms. The van der Waals surface area contributed by atoms with Crippen LogP contribution in [0.2, 0.25) is 0 Å². The molecule has 1 aromatic heterocycles. The van der Waals surface area contributed by atoms with E-state index >= 15 is 0 Å². The van der Waals surface area contributed by atoms with Gasteiger partial charge in [-0.3, -0.25) is 4.79 Å². The van der Waals surface area contributed by atoms with Crippen molar-refractivity contribution in [2.24, 2.45) is 5.73 Å². The van der Waals surface area contributed by atoms with Crippen molar-refractivity contribution in [3.63, 3.8) is 0 Å². The minimum absolute atomic E-state index is 0.322. The van der Waals surface area contributed by atoms with Crippen molar-refractivity contribution in [2.75, 3.05) is 0 Å². The number of carboxylic acids is 1. The molecule has 1 atom stereocenters. The number of aliphatic carboxylic acids is 1. The molecule has 1 aromatic rings. The van der Waals surface area contributed by atoms with Gasteiger partial charge < -0.3 is 10.8 Å². The normalized spacial score (nSPS) is 12.5. The first-order valence-corrected chi connectivity index (χ1v) is 4.91. The fourth-order valence-electron chi connectivity index (χ4n) is 0.731. The van der Waals surface area contributed by atoms with Crippen molar-refractivity contribution >= 4 is 37.8 Å². The first-order chi connectivity index (χ1) is 6.02. The summed E-state index contributed by atoms with van der Waals surface area (Å²) < 4.78 is 1.30. The average molecular weight is 310 g/mol. The van der Waals surface area contributed by atoms with Gasteiger partial charge >= 0.3 is 5.97 Å². The molecule has 0 aliphatic carbocycles. The number of pyridine rings is 1. The first kappa shape index (κ1) is 10.6. The van der Waals surface area contributed by atoms with Gasteiger partial charge in [-0.1, -0.05) is 0 Å². The highest BCUT2D eigenvalue weighted by Gasteiger charge is 2.16. The number of hydrogen-bond acceptors (Lipinski definition) is 3. The topological polar surface area (TPSA) is 76.2 Å². The van der Waals surface area contributed by atoms with Crippen molar-refractivity contribution in [2.45, 2.75) is 6.04 Å². The summed E-state index contributed by atoms with van der Waals surface area (Å²) in [5, 5.41) is 8.60. The average Bonchev–Trinajstić information content (AvgIpc) is 2.08. The molecule has 0 radical (unpaired) electrons. The third-order valence-corrected chi connectivity index (χ3v) is 3.19. The van der Waals surface area contributed by atoms with Crippen molar-refractivity contribution in [1.29, 1.82) is 0 Å². The molecule has 4 nitrogen and oxygen atoms in total. The molecule has 0 saturated heterocycles. The second-order valence-electron chi connectivity index (χ2n) is 2.32. The van der Waals surface area contributed by atoms with Crippen molar-refractivity contribution in [3.05, 3.63) is 26.9 Å². The van der Waals surface area contributed by atoms with Gasteiger partial charge in [0.2, 0.25) is 0 Å². The van der Waals surface area contributed by atoms with Crippen LogP contribution in [0.4, 0.5) is 0 Å². The van der Waals surface area contributed by atoms with Crippen LogP contribution in [0.25, 0.3) is 0 Å². The highest BCUT2D eigenvalue weighted by atomic mass is 79.9. The Morgan fingerprint density at radius 3 is 2.62 bits per heavy atom. The molecule has 0 bridgehead atoms. The van der Waals surface area contributed by atoms with E-state index in [4.69, 9.17) is 10.8 Å². The van der Waals surface area contributed by atoms with E-state index in [2.05, 4.69) is 36.8 Å². The Hall–Kier alpha value is -0.460. The molecule has 0 aromatic carbocycles. The van der Waals surface area contributed by atoms with Crippen LogP contribution in [-0.4, -0.2) is 16.1 Å². The lowest BCUT2D eigenvalue weighted by Gasteiger charge is -2.06. The number of carboxylic acid groups (broad SMARTS) is 1. The molecule has 0 aliphatic rings. The molecular formula is C7H6Br2N2O2. The first-order valence-electron chi connectivity index (χ1n) is 3.32. The van der Waals surface area contributed by atoms with Crippen LogP contribution >= 0.6 is 31.9 Å². The zero-order valence-corrected chi connectivity index (χ0v) is 9.54. The minimum Gasteiger partial charge on any atom is -0.480 e. The van der Waals surface area contributed by atoms with Crippen LogP contribution in [-0.2, 0) is 4.79 Å². The van der Waals surface area contributed by atoms with Crippen LogP contribution in [0.5, 0.6) is 0 Å². The standard InChI is InChI=1S/C7H6Br2N2O2/c8-3-1-2-4(11-6(3)9)5(10)7(12)13/h1-2,5H,10H2,(H,12,13)/t5-/m0/s1. The van der Waals surface area contributed by atoms with Gasteiger partial charge in [-0.25, -0.2) is 4.98 Å². The molecule has 0 aliphatic heterocycles. The quantitative estimate of drug-likeness (QED) is 0.815. The fraction of sp³-hybridized carbons (Fsp3) is 0.143. The largest absolute Gasteiger partial charge is 0.480 e. The molecule has 0 amide bonds. The Balaban J connectivity index is 3.03. The third kappa shape index (κ3) is 2.49. The Kier molecular flexibility index (Phi) is 3.40. The van der Waals surface area contributed by atoms with Crippen molar-refractivity contribution in [1.82, 2.24) is 4.98 Å². The summed E-state index contributed by atoms with van der Waals surface area (Å²) in [5.74, 6) is -1.10. The Morgan fingerprint density at radius 1 is 1.54 bits per heavy atom. The van der Waals surface area contributed by atoms with E-state index in [1.54, 1.807) is 12.1 Å². The zero-order chi connectivity index (χ0) is 10.0. The molecule has 6 heteroatoms. The van der Waals surface area contributed by atoms with Gasteiger partial charge in [0.15, 0.2) is 0 Å². The summed E-state index contributed by atoms with van der Waals surface area (Å²) >= 11 is 6.37. The summed E-state index contributed by atoms with van der Waals surface area (Å²) in [6, 6.07) is 2.17. The summed E-state index contributed by atoms with van der Waals surface area (Å²) in [5.41, 5.74) is 5.68. The van der Waals surface area contributed by atoms with Gasteiger partial charge in [-0.2, -0.15) is 0 Å². The number of hydrogen-bond donors (Lipinski definition) is 2. The maximum Gasteiger partial charge on any atom is 0.326 e. The number of rotatable bonds is 2. The monoisotopic (exact) mass is 308 g/mol. The number of halogens is 2. The Morgan fingerprint density at radius 2 is 2.15 bits per heavy atom. The Bertz CT molecular complexity index is 343. The molecule has 1 heterocycles. The van der Waals surface area contributed by atoms with Gasteiger partial charge in [0.25, 0.3) is 0 Å². The van der Waals surface area contributed by atoms with E-state index in [-0.39, 0.29) is 0 Å². The maximum absolute atomic E-state index is 10.5. The van der Waals surface area contributed by atoms with Gasteiger partial charge in [0.05, 0.1) is 10.2 Å². The molecule has 13 heavy (non-hydrogen) atoms. The van der Waals surface area contributed by atoms with Crippen LogP contribution in [0, 0.1) is 0 Å². The summed E-state index contributed by atoms with van der Waals surface area (Å²) in [6.45, 7) is 0. The minimum atomic E-state index is -1.10. The van der Waals surface area contributed by atoms with Crippen LogP contribution < -0.4 is 5.73 Å². The predicted octanol–water partition coefficient (Wildman–Crippen LogP) is 1.69. The maximum atomic E-state index is 10.5. The lowest BCUT2D eigenvalue weighted by Crippen LogP contribution is -2.21. The van der Waals surface area contributed by atoms with E-state index < -0.39 is 12.0 Å². The Labute approximate surface area is 91.4 Å². The van der Waals surface area contributed by atoms with E-state index in [9.17, 15) is 4.79 Å². The number of nitrogens with two attached hydrogens (primary N) is 1.